The van der Waals surface area contributed by atoms with Crippen LogP contribution in [-0.4, -0.2) is 47.4 Å². The number of nitrogens with zero attached hydrogens (tertiary/aromatic N) is 1. The van der Waals surface area contributed by atoms with Crippen LogP contribution >= 0.6 is 0 Å². The Labute approximate surface area is 123 Å². The zero-order valence-corrected chi connectivity index (χ0v) is 12.4. The van der Waals surface area contributed by atoms with Gasteiger partial charge in [-0.2, -0.15) is 0 Å². The van der Waals surface area contributed by atoms with Gasteiger partial charge in [-0.1, -0.05) is 24.6 Å². The SMILES string of the molecule is CCC(C(=O)O)N(C)C(=O)CNC(=O)c1cccc(C)c1. The molecule has 0 radical (unpaired) electrons. The molecular weight excluding hydrogens is 272 g/mol. The minimum absolute atomic E-state index is 0.229. The Hall–Kier alpha value is -2.37. The fourth-order valence-electron chi connectivity index (χ4n) is 1.96. The maximum atomic E-state index is 11.9. The average molecular weight is 292 g/mol. The third-order valence-corrected chi connectivity index (χ3v) is 3.21. The van der Waals surface area contributed by atoms with Crippen molar-refractivity contribution < 1.29 is 19.5 Å². The fourth-order valence-corrected chi connectivity index (χ4v) is 1.96. The summed E-state index contributed by atoms with van der Waals surface area (Å²) in [5.74, 6) is -1.85. The van der Waals surface area contributed by atoms with Crippen LogP contribution in [0.1, 0.15) is 29.3 Å². The van der Waals surface area contributed by atoms with Crippen LogP contribution in [-0.2, 0) is 9.59 Å². The summed E-state index contributed by atoms with van der Waals surface area (Å²) in [5, 5.41) is 11.5. The van der Waals surface area contributed by atoms with E-state index in [2.05, 4.69) is 5.32 Å². The predicted octanol–water partition coefficient (Wildman–Crippen LogP) is 1.05. The van der Waals surface area contributed by atoms with E-state index in [4.69, 9.17) is 5.11 Å². The lowest BCUT2D eigenvalue weighted by molar-refractivity contribution is -0.148. The van der Waals surface area contributed by atoms with Crippen molar-refractivity contribution in [3.05, 3.63) is 35.4 Å². The first-order valence-corrected chi connectivity index (χ1v) is 6.70. The second kappa shape index (κ2) is 7.42. The number of carbonyl (C=O) groups is 3. The summed E-state index contributed by atoms with van der Waals surface area (Å²) >= 11 is 0. The van der Waals surface area contributed by atoms with Crippen molar-refractivity contribution >= 4 is 17.8 Å². The normalized spacial score (nSPS) is 11.6. The van der Waals surface area contributed by atoms with Gasteiger partial charge in [-0.05, 0) is 25.5 Å². The van der Waals surface area contributed by atoms with Crippen LogP contribution in [0.2, 0.25) is 0 Å². The van der Waals surface area contributed by atoms with Crippen molar-refractivity contribution in [1.29, 1.82) is 0 Å². The van der Waals surface area contributed by atoms with Crippen molar-refractivity contribution in [1.82, 2.24) is 10.2 Å². The Morgan fingerprint density at radius 1 is 1.33 bits per heavy atom. The number of hydrogen-bond donors (Lipinski definition) is 2. The van der Waals surface area contributed by atoms with E-state index in [1.165, 1.54) is 7.05 Å². The summed E-state index contributed by atoms with van der Waals surface area (Å²) in [6.45, 7) is 3.33. The molecular formula is C15H20N2O4. The Morgan fingerprint density at radius 3 is 2.52 bits per heavy atom. The molecule has 0 saturated heterocycles. The van der Waals surface area contributed by atoms with Gasteiger partial charge in [0.1, 0.15) is 6.04 Å². The van der Waals surface area contributed by atoms with Crippen molar-refractivity contribution in [3.63, 3.8) is 0 Å². The second-order valence-electron chi connectivity index (χ2n) is 4.82. The van der Waals surface area contributed by atoms with E-state index in [-0.39, 0.29) is 12.5 Å². The van der Waals surface area contributed by atoms with Crippen molar-refractivity contribution in [2.24, 2.45) is 0 Å². The Bertz CT molecular complexity index is 542. The van der Waals surface area contributed by atoms with Crippen LogP contribution in [0.15, 0.2) is 24.3 Å². The molecule has 0 heterocycles. The number of carboxylic acids is 1. The predicted molar refractivity (Wildman–Crippen MR) is 78.0 cm³/mol. The largest absolute Gasteiger partial charge is 0.480 e. The number of amides is 2. The standard InChI is InChI=1S/C15H20N2O4/c1-4-12(15(20)21)17(3)13(18)9-16-14(19)11-7-5-6-10(2)8-11/h5-8,12H,4,9H2,1-3H3,(H,16,19)(H,20,21). The molecule has 0 bridgehead atoms. The van der Waals surface area contributed by atoms with Crippen molar-refractivity contribution in [2.75, 3.05) is 13.6 Å². The molecule has 21 heavy (non-hydrogen) atoms. The molecule has 0 aliphatic heterocycles. The smallest absolute Gasteiger partial charge is 0.326 e. The number of aliphatic carboxylic acids is 1. The van der Waals surface area contributed by atoms with Crippen LogP contribution in [0.3, 0.4) is 0 Å². The molecule has 2 amide bonds. The summed E-state index contributed by atoms with van der Waals surface area (Å²) in [6.07, 6.45) is 0.309. The van der Waals surface area contributed by atoms with Crippen molar-refractivity contribution in [2.45, 2.75) is 26.3 Å². The van der Waals surface area contributed by atoms with Gasteiger partial charge in [-0.15, -0.1) is 0 Å². The van der Waals surface area contributed by atoms with Crippen LogP contribution in [0, 0.1) is 6.92 Å². The zero-order valence-electron chi connectivity index (χ0n) is 12.4. The van der Waals surface area contributed by atoms with Gasteiger partial charge in [-0.3, -0.25) is 9.59 Å². The third kappa shape index (κ3) is 4.59. The van der Waals surface area contributed by atoms with Gasteiger partial charge in [0.15, 0.2) is 0 Å². The lowest BCUT2D eigenvalue weighted by Gasteiger charge is -2.23. The highest BCUT2D eigenvalue weighted by Gasteiger charge is 2.24. The molecule has 0 aliphatic carbocycles. The van der Waals surface area contributed by atoms with E-state index in [0.717, 1.165) is 10.5 Å². The van der Waals surface area contributed by atoms with Gasteiger partial charge in [0.2, 0.25) is 5.91 Å². The quantitative estimate of drug-likeness (QED) is 0.820. The fraction of sp³-hybridized carbons (Fsp3) is 0.400. The molecule has 1 rings (SSSR count). The highest BCUT2D eigenvalue weighted by atomic mass is 16.4. The second-order valence-corrected chi connectivity index (χ2v) is 4.82. The van der Waals surface area contributed by atoms with Crippen LogP contribution < -0.4 is 5.32 Å². The maximum Gasteiger partial charge on any atom is 0.326 e. The number of rotatable bonds is 6. The zero-order chi connectivity index (χ0) is 16.0. The van der Waals surface area contributed by atoms with Gasteiger partial charge >= 0.3 is 5.97 Å². The highest BCUT2D eigenvalue weighted by Crippen LogP contribution is 2.04. The summed E-state index contributed by atoms with van der Waals surface area (Å²) in [5.41, 5.74) is 1.42. The van der Waals surface area contributed by atoms with E-state index in [1.807, 2.05) is 13.0 Å². The number of aryl methyl sites for hydroxylation is 1. The molecule has 0 aromatic heterocycles. The minimum Gasteiger partial charge on any atom is -0.480 e. The van der Waals surface area contributed by atoms with Crippen LogP contribution in [0.25, 0.3) is 0 Å². The molecule has 0 aliphatic rings. The van der Waals surface area contributed by atoms with E-state index in [9.17, 15) is 14.4 Å². The van der Waals surface area contributed by atoms with E-state index in [0.29, 0.717) is 12.0 Å². The lowest BCUT2D eigenvalue weighted by Crippen LogP contribution is -2.46. The number of benzene rings is 1. The van der Waals surface area contributed by atoms with Gasteiger partial charge in [0, 0.05) is 12.6 Å². The summed E-state index contributed by atoms with van der Waals surface area (Å²) < 4.78 is 0. The van der Waals surface area contributed by atoms with E-state index in [1.54, 1.807) is 25.1 Å². The number of hydrogen-bond acceptors (Lipinski definition) is 3. The highest BCUT2D eigenvalue weighted by molar-refractivity contribution is 5.97. The molecule has 1 aromatic rings. The summed E-state index contributed by atoms with van der Waals surface area (Å²) in [6, 6.07) is 6.12. The maximum absolute atomic E-state index is 11.9. The van der Waals surface area contributed by atoms with Crippen molar-refractivity contribution in [3.8, 4) is 0 Å². The van der Waals surface area contributed by atoms with E-state index >= 15 is 0 Å². The third-order valence-electron chi connectivity index (χ3n) is 3.21. The minimum atomic E-state index is -1.06. The molecule has 1 atom stereocenters. The molecule has 1 aromatic carbocycles. The van der Waals surface area contributed by atoms with Gasteiger partial charge in [0.25, 0.3) is 5.91 Å². The Kier molecular flexibility index (Phi) is 5.90. The first-order chi connectivity index (χ1) is 9.86. The molecule has 0 saturated carbocycles. The Balaban J connectivity index is 2.60. The molecule has 6 nitrogen and oxygen atoms in total. The molecule has 6 heteroatoms. The summed E-state index contributed by atoms with van der Waals surface area (Å²) in [7, 11) is 1.42. The van der Waals surface area contributed by atoms with Crippen LogP contribution in [0.4, 0.5) is 0 Å². The lowest BCUT2D eigenvalue weighted by atomic mass is 10.1. The van der Waals surface area contributed by atoms with Gasteiger partial charge < -0.3 is 15.3 Å². The number of likely N-dealkylation sites (N-methyl/N-ethyl adjacent to an activating group) is 1. The van der Waals surface area contributed by atoms with Gasteiger partial charge in [-0.25, -0.2) is 4.79 Å². The molecule has 0 fully saturated rings. The average Bonchev–Trinajstić information content (AvgIpc) is 2.44. The van der Waals surface area contributed by atoms with Crippen LogP contribution in [0.5, 0.6) is 0 Å². The molecule has 1 unspecified atom stereocenters. The van der Waals surface area contributed by atoms with Gasteiger partial charge in [0.05, 0.1) is 6.54 Å². The molecule has 114 valence electrons. The monoisotopic (exact) mass is 292 g/mol. The number of carboxylic acid groups (broad SMARTS) is 1. The molecule has 0 spiro atoms. The summed E-state index contributed by atoms with van der Waals surface area (Å²) in [4.78, 5) is 35.9. The molecule has 2 N–H and O–H groups in total. The first-order valence-electron chi connectivity index (χ1n) is 6.70. The Morgan fingerprint density at radius 2 is 2.00 bits per heavy atom. The first kappa shape index (κ1) is 16.7. The van der Waals surface area contributed by atoms with E-state index < -0.39 is 17.9 Å². The number of nitrogens with one attached hydrogen (secondary N) is 1. The number of carbonyl (C=O) groups excluding carboxylic acids is 2. The topological polar surface area (TPSA) is 86.7 Å².